The van der Waals surface area contributed by atoms with Crippen LogP contribution < -0.4 is 0 Å². The van der Waals surface area contributed by atoms with E-state index in [1.807, 2.05) is 25.1 Å². The molecule has 5 nitrogen and oxygen atoms in total. The molecule has 0 spiro atoms. The fraction of sp³-hybridized carbons (Fsp3) is 0.462. The molecule has 0 radical (unpaired) electrons. The lowest BCUT2D eigenvalue weighted by molar-refractivity contribution is 0.358. The van der Waals surface area contributed by atoms with Crippen LogP contribution in [0.5, 0.6) is 0 Å². The monoisotopic (exact) mass is 281 g/mol. The van der Waals surface area contributed by atoms with Gasteiger partial charge in [-0.15, -0.1) is 0 Å². The second-order valence-corrected chi connectivity index (χ2v) is 6.74. The van der Waals surface area contributed by atoms with Crippen molar-refractivity contribution in [3.05, 3.63) is 29.3 Å². The average molecular weight is 281 g/mol. The molecule has 0 bridgehead atoms. The van der Waals surface area contributed by atoms with Crippen LogP contribution in [0.3, 0.4) is 0 Å². The Balaban J connectivity index is 3.04. The van der Waals surface area contributed by atoms with Gasteiger partial charge in [-0.2, -0.15) is 9.57 Å². The Bertz CT molecular complexity index is 588. The Labute approximate surface area is 115 Å². The number of hydrogen-bond donors (Lipinski definition) is 0. The van der Waals surface area contributed by atoms with E-state index in [1.54, 1.807) is 20.0 Å². The Hall–Kier alpha value is -1.42. The van der Waals surface area contributed by atoms with E-state index in [2.05, 4.69) is 0 Å². The molecule has 0 heterocycles. The van der Waals surface area contributed by atoms with Crippen molar-refractivity contribution in [1.82, 2.24) is 9.21 Å². The van der Waals surface area contributed by atoms with Crippen LogP contribution in [0.4, 0.5) is 0 Å². The second-order valence-electron chi connectivity index (χ2n) is 4.72. The first kappa shape index (κ1) is 15.6. The summed E-state index contributed by atoms with van der Waals surface area (Å²) < 4.78 is 26.1. The van der Waals surface area contributed by atoms with Gasteiger partial charge in [0.1, 0.15) is 0 Å². The molecular weight excluding hydrogens is 262 g/mol. The highest BCUT2D eigenvalue weighted by Crippen LogP contribution is 2.19. The number of aryl methyl sites for hydroxylation is 1. The SMILES string of the molecule is Cc1cc(C#N)ccc1S(=O)(=O)N(C)CCN(C)C. The van der Waals surface area contributed by atoms with E-state index >= 15 is 0 Å². The van der Waals surface area contributed by atoms with Crippen LogP contribution in [-0.2, 0) is 10.0 Å². The molecule has 0 aliphatic heterocycles. The van der Waals surface area contributed by atoms with Gasteiger partial charge >= 0.3 is 0 Å². The minimum absolute atomic E-state index is 0.257. The van der Waals surface area contributed by atoms with Crippen molar-refractivity contribution in [2.45, 2.75) is 11.8 Å². The van der Waals surface area contributed by atoms with Crippen molar-refractivity contribution in [3.63, 3.8) is 0 Å². The van der Waals surface area contributed by atoms with Gasteiger partial charge < -0.3 is 4.90 Å². The number of nitriles is 1. The largest absolute Gasteiger partial charge is 0.308 e. The van der Waals surface area contributed by atoms with Crippen molar-refractivity contribution < 1.29 is 8.42 Å². The number of hydrogen-bond acceptors (Lipinski definition) is 4. The molecule has 0 N–H and O–H groups in total. The molecule has 0 unspecified atom stereocenters. The van der Waals surface area contributed by atoms with E-state index in [0.29, 0.717) is 24.2 Å². The predicted molar refractivity (Wildman–Crippen MR) is 74.3 cm³/mol. The molecule has 1 aromatic rings. The van der Waals surface area contributed by atoms with Gasteiger partial charge in [-0.1, -0.05) is 0 Å². The highest BCUT2D eigenvalue weighted by Gasteiger charge is 2.22. The van der Waals surface area contributed by atoms with Gasteiger partial charge in [0.25, 0.3) is 0 Å². The summed E-state index contributed by atoms with van der Waals surface area (Å²) in [5.41, 5.74) is 1.06. The average Bonchev–Trinajstić information content (AvgIpc) is 2.35. The molecule has 1 aromatic carbocycles. The highest BCUT2D eigenvalue weighted by atomic mass is 32.2. The third-order valence-electron chi connectivity index (χ3n) is 2.85. The van der Waals surface area contributed by atoms with Crippen LogP contribution in [0.25, 0.3) is 0 Å². The number of rotatable bonds is 5. The quantitative estimate of drug-likeness (QED) is 0.809. The molecule has 0 aliphatic carbocycles. The van der Waals surface area contributed by atoms with Crippen molar-refractivity contribution in [1.29, 1.82) is 5.26 Å². The molecule has 0 aliphatic rings. The Kier molecular flexibility index (Phi) is 5.06. The highest BCUT2D eigenvalue weighted by molar-refractivity contribution is 7.89. The normalized spacial score (nSPS) is 11.8. The molecule has 6 heteroatoms. The molecular formula is C13H19N3O2S. The number of benzene rings is 1. The summed E-state index contributed by atoms with van der Waals surface area (Å²) in [4.78, 5) is 2.19. The molecule has 0 saturated heterocycles. The van der Waals surface area contributed by atoms with E-state index in [1.165, 1.54) is 16.4 Å². The Morgan fingerprint density at radius 3 is 2.32 bits per heavy atom. The van der Waals surface area contributed by atoms with Crippen LogP contribution in [0.2, 0.25) is 0 Å². The Morgan fingerprint density at radius 2 is 1.84 bits per heavy atom. The lowest BCUT2D eigenvalue weighted by atomic mass is 10.2. The van der Waals surface area contributed by atoms with Crippen molar-refractivity contribution >= 4 is 10.0 Å². The summed E-state index contributed by atoms with van der Waals surface area (Å²) in [7, 11) is 1.87. The second kappa shape index (κ2) is 6.15. The first-order valence-corrected chi connectivity index (χ1v) is 7.35. The van der Waals surface area contributed by atoms with E-state index in [-0.39, 0.29) is 4.90 Å². The molecule has 1 rings (SSSR count). The van der Waals surface area contributed by atoms with Crippen LogP contribution >= 0.6 is 0 Å². The lowest BCUT2D eigenvalue weighted by Gasteiger charge is -2.20. The van der Waals surface area contributed by atoms with Crippen LogP contribution in [0.15, 0.2) is 23.1 Å². The zero-order chi connectivity index (χ0) is 14.6. The minimum atomic E-state index is -3.49. The maximum atomic E-state index is 12.4. The van der Waals surface area contributed by atoms with E-state index < -0.39 is 10.0 Å². The van der Waals surface area contributed by atoms with Crippen molar-refractivity contribution in [3.8, 4) is 6.07 Å². The van der Waals surface area contributed by atoms with Crippen LogP contribution in [0, 0.1) is 18.3 Å². The maximum Gasteiger partial charge on any atom is 0.243 e. The standard InChI is InChI=1S/C13H19N3O2S/c1-11-9-12(10-14)5-6-13(11)19(17,18)16(4)8-7-15(2)3/h5-6,9H,7-8H2,1-4H3. The molecule has 0 aromatic heterocycles. The van der Waals surface area contributed by atoms with Gasteiger partial charge in [-0.3, -0.25) is 0 Å². The summed E-state index contributed by atoms with van der Waals surface area (Å²) in [5, 5.41) is 8.79. The predicted octanol–water partition coefficient (Wildman–Crippen LogP) is 1.05. The zero-order valence-corrected chi connectivity index (χ0v) is 12.5. The molecule has 0 amide bonds. The minimum Gasteiger partial charge on any atom is -0.308 e. The topological polar surface area (TPSA) is 64.4 Å². The molecule has 0 fully saturated rings. The summed E-state index contributed by atoms with van der Waals surface area (Å²) in [6.45, 7) is 2.79. The van der Waals surface area contributed by atoms with Crippen molar-refractivity contribution in [2.75, 3.05) is 34.2 Å². The van der Waals surface area contributed by atoms with Gasteiger partial charge in [-0.05, 0) is 44.8 Å². The Morgan fingerprint density at radius 1 is 1.21 bits per heavy atom. The third kappa shape index (κ3) is 3.77. The molecule has 0 saturated carbocycles. The van der Waals surface area contributed by atoms with Gasteiger partial charge in [0.05, 0.1) is 16.5 Å². The first-order valence-electron chi connectivity index (χ1n) is 5.91. The third-order valence-corrected chi connectivity index (χ3v) is 4.87. The molecule has 0 atom stereocenters. The fourth-order valence-electron chi connectivity index (χ4n) is 1.64. The van der Waals surface area contributed by atoms with Gasteiger partial charge in [0, 0.05) is 20.1 Å². The fourth-order valence-corrected chi connectivity index (χ4v) is 3.00. The summed E-state index contributed by atoms with van der Waals surface area (Å²) in [5.74, 6) is 0. The smallest absolute Gasteiger partial charge is 0.243 e. The van der Waals surface area contributed by atoms with Crippen LogP contribution in [0.1, 0.15) is 11.1 Å². The number of nitrogens with zero attached hydrogens (tertiary/aromatic N) is 3. The lowest BCUT2D eigenvalue weighted by Crippen LogP contribution is -2.33. The van der Waals surface area contributed by atoms with Gasteiger partial charge in [0.15, 0.2) is 0 Å². The first-order chi connectivity index (χ1) is 8.78. The summed E-state index contributed by atoms with van der Waals surface area (Å²) in [6, 6.07) is 6.61. The number of sulfonamides is 1. The molecule has 19 heavy (non-hydrogen) atoms. The van der Waals surface area contributed by atoms with E-state index in [9.17, 15) is 8.42 Å². The zero-order valence-electron chi connectivity index (χ0n) is 11.7. The van der Waals surface area contributed by atoms with Crippen molar-refractivity contribution in [2.24, 2.45) is 0 Å². The van der Waals surface area contributed by atoms with Crippen LogP contribution in [-0.4, -0.2) is 51.9 Å². The maximum absolute atomic E-state index is 12.4. The number of likely N-dealkylation sites (N-methyl/N-ethyl adjacent to an activating group) is 2. The summed E-state index contributed by atoms with van der Waals surface area (Å²) >= 11 is 0. The van der Waals surface area contributed by atoms with Gasteiger partial charge in [0.2, 0.25) is 10.0 Å². The summed E-state index contributed by atoms with van der Waals surface area (Å²) in [6.07, 6.45) is 0. The van der Waals surface area contributed by atoms with E-state index in [4.69, 9.17) is 5.26 Å². The molecule has 104 valence electrons. The van der Waals surface area contributed by atoms with E-state index in [0.717, 1.165) is 0 Å². The van der Waals surface area contributed by atoms with Gasteiger partial charge in [-0.25, -0.2) is 8.42 Å².